The van der Waals surface area contributed by atoms with Crippen molar-refractivity contribution >= 4 is 11.4 Å². The molecule has 0 aromatic heterocycles. The predicted octanol–water partition coefficient (Wildman–Crippen LogP) is 6.85. The van der Waals surface area contributed by atoms with Crippen LogP contribution in [0.3, 0.4) is 0 Å². The molecule has 0 amide bonds. The second-order valence-electron chi connectivity index (χ2n) is 8.40. The Hall–Kier alpha value is -2.67. The molecule has 0 radical (unpaired) electrons. The molecule has 0 spiro atoms. The number of hydrogen-bond donors (Lipinski definition) is 0. The second kappa shape index (κ2) is 8.14. The van der Waals surface area contributed by atoms with E-state index in [4.69, 9.17) is 0 Å². The Bertz CT molecular complexity index is 884. The fourth-order valence-electron chi connectivity index (χ4n) is 3.62. The summed E-state index contributed by atoms with van der Waals surface area (Å²) in [6, 6.07) is 17.3. The van der Waals surface area contributed by atoms with Gasteiger partial charge in [-0.2, -0.15) is 0 Å². The molecule has 0 atom stereocenters. The monoisotopic (exact) mass is 370 g/mol. The molecule has 0 unspecified atom stereocenters. The summed E-state index contributed by atoms with van der Waals surface area (Å²) in [5, 5.41) is 0. The first-order valence-corrected chi connectivity index (χ1v) is 10.1. The van der Waals surface area contributed by atoms with Gasteiger partial charge < -0.3 is 0 Å². The van der Waals surface area contributed by atoms with Crippen LogP contribution in [0.5, 0.6) is 0 Å². The SMILES string of the molecule is Cc1ccc(C(=C2C=C(C(C)C)C(=O)C(C(C)C)=C2)c2ccc(C)cc2)cc1. The molecule has 1 aliphatic carbocycles. The molecule has 1 nitrogen and oxygen atoms in total. The van der Waals surface area contributed by atoms with Gasteiger partial charge in [-0.3, -0.25) is 4.79 Å². The van der Waals surface area contributed by atoms with Crippen molar-refractivity contribution < 1.29 is 4.79 Å². The third-order valence-corrected chi connectivity index (χ3v) is 5.36. The normalized spacial score (nSPS) is 14.4. The summed E-state index contributed by atoms with van der Waals surface area (Å²) in [7, 11) is 0. The minimum Gasteiger partial charge on any atom is -0.289 e. The zero-order valence-electron chi connectivity index (χ0n) is 17.8. The van der Waals surface area contributed by atoms with Gasteiger partial charge in [-0.25, -0.2) is 0 Å². The van der Waals surface area contributed by atoms with Crippen LogP contribution < -0.4 is 0 Å². The molecule has 3 rings (SSSR count). The van der Waals surface area contributed by atoms with Gasteiger partial charge in [-0.1, -0.05) is 87.4 Å². The zero-order valence-corrected chi connectivity index (χ0v) is 17.8. The number of benzene rings is 2. The van der Waals surface area contributed by atoms with Crippen molar-refractivity contribution in [3.05, 3.63) is 99.7 Å². The summed E-state index contributed by atoms with van der Waals surface area (Å²) in [6.45, 7) is 12.6. The van der Waals surface area contributed by atoms with Gasteiger partial charge in [0.05, 0.1) is 0 Å². The van der Waals surface area contributed by atoms with Crippen LogP contribution in [0.15, 0.2) is 77.4 Å². The lowest BCUT2D eigenvalue weighted by molar-refractivity contribution is -0.113. The molecule has 0 bridgehead atoms. The Morgan fingerprint density at radius 3 is 1.32 bits per heavy atom. The first-order chi connectivity index (χ1) is 13.3. The van der Waals surface area contributed by atoms with Gasteiger partial charge in [0.15, 0.2) is 5.78 Å². The summed E-state index contributed by atoms with van der Waals surface area (Å²) < 4.78 is 0. The third-order valence-electron chi connectivity index (χ3n) is 5.36. The zero-order chi connectivity index (χ0) is 20.4. The highest BCUT2D eigenvalue weighted by Crippen LogP contribution is 2.35. The van der Waals surface area contributed by atoms with Crippen molar-refractivity contribution in [2.75, 3.05) is 0 Å². The van der Waals surface area contributed by atoms with Crippen LogP contribution in [-0.4, -0.2) is 5.78 Å². The minimum atomic E-state index is 0.195. The summed E-state index contributed by atoms with van der Waals surface area (Å²) >= 11 is 0. The lowest BCUT2D eigenvalue weighted by Crippen LogP contribution is -2.18. The van der Waals surface area contributed by atoms with Crippen LogP contribution in [0.1, 0.15) is 49.9 Å². The molecule has 0 aliphatic heterocycles. The van der Waals surface area contributed by atoms with E-state index in [2.05, 4.69) is 102 Å². The van der Waals surface area contributed by atoms with Crippen LogP contribution >= 0.6 is 0 Å². The molecule has 144 valence electrons. The first-order valence-electron chi connectivity index (χ1n) is 10.1. The number of aryl methyl sites for hydroxylation is 2. The van der Waals surface area contributed by atoms with Crippen molar-refractivity contribution in [1.29, 1.82) is 0 Å². The molecule has 0 heterocycles. The van der Waals surface area contributed by atoms with E-state index in [0.717, 1.165) is 16.7 Å². The highest BCUT2D eigenvalue weighted by atomic mass is 16.1. The van der Waals surface area contributed by atoms with Gasteiger partial charge in [0.2, 0.25) is 0 Å². The van der Waals surface area contributed by atoms with Crippen LogP contribution in [0.25, 0.3) is 5.57 Å². The van der Waals surface area contributed by atoms with Gasteiger partial charge in [0, 0.05) is 11.1 Å². The molecule has 2 aromatic rings. The standard InChI is InChI=1S/C27H30O/c1-17(2)24-15-23(16-25(18(3)4)27(24)28)26(21-11-7-19(5)8-12-21)22-13-9-20(6)10-14-22/h7-18H,1-6H3. The van der Waals surface area contributed by atoms with Gasteiger partial charge >= 0.3 is 0 Å². The maximum atomic E-state index is 13.0. The Kier molecular flexibility index (Phi) is 5.84. The van der Waals surface area contributed by atoms with Crippen LogP contribution in [0.4, 0.5) is 0 Å². The number of ketones is 1. The summed E-state index contributed by atoms with van der Waals surface area (Å²) in [6.07, 6.45) is 4.21. The number of carbonyl (C=O) groups excluding carboxylic acids is 1. The number of rotatable bonds is 4. The van der Waals surface area contributed by atoms with Crippen molar-refractivity contribution in [2.45, 2.75) is 41.5 Å². The van der Waals surface area contributed by atoms with E-state index in [1.54, 1.807) is 0 Å². The quantitative estimate of drug-likeness (QED) is 0.575. The fraction of sp³-hybridized carbons (Fsp3) is 0.296. The third kappa shape index (κ3) is 4.09. The maximum absolute atomic E-state index is 13.0. The second-order valence-corrected chi connectivity index (χ2v) is 8.40. The molecule has 0 saturated heterocycles. The van der Waals surface area contributed by atoms with E-state index < -0.39 is 0 Å². The van der Waals surface area contributed by atoms with Gasteiger partial charge in [-0.15, -0.1) is 0 Å². The van der Waals surface area contributed by atoms with Gasteiger partial charge in [0.25, 0.3) is 0 Å². The number of hydrogen-bond acceptors (Lipinski definition) is 1. The highest BCUT2D eigenvalue weighted by Gasteiger charge is 2.25. The van der Waals surface area contributed by atoms with Crippen molar-refractivity contribution in [2.24, 2.45) is 11.8 Å². The molecule has 2 aromatic carbocycles. The minimum absolute atomic E-state index is 0.195. The van der Waals surface area contributed by atoms with E-state index >= 15 is 0 Å². The summed E-state index contributed by atoms with van der Waals surface area (Å²) in [5.74, 6) is 0.588. The molecular weight excluding hydrogens is 340 g/mol. The lowest BCUT2D eigenvalue weighted by Gasteiger charge is -2.23. The van der Waals surface area contributed by atoms with E-state index in [-0.39, 0.29) is 17.6 Å². The summed E-state index contributed by atoms with van der Waals surface area (Å²) in [5.41, 5.74) is 8.95. The number of Topliss-reactive ketones (excluding diaryl/α,β-unsaturated/α-hetero) is 1. The van der Waals surface area contributed by atoms with Crippen molar-refractivity contribution in [3.8, 4) is 0 Å². The van der Waals surface area contributed by atoms with Crippen LogP contribution in [0.2, 0.25) is 0 Å². The van der Waals surface area contributed by atoms with E-state index in [1.807, 2.05) is 0 Å². The van der Waals surface area contributed by atoms with Crippen molar-refractivity contribution in [1.82, 2.24) is 0 Å². The first kappa shape index (κ1) is 20.1. The van der Waals surface area contributed by atoms with E-state index in [1.165, 1.54) is 27.8 Å². The maximum Gasteiger partial charge on any atom is 0.185 e. The number of allylic oxidation sites excluding steroid dienone is 5. The predicted molar refractivity (Wildman–Crippen MR) is 119 cm³/mol. The molecular formula is C27H30O. The molecule has 0 fully saturated rings. The molecule has 0 saturated carbocycles. The van der Waals surface area contributed by atoms with Crippen molar-refractivity contribution in [3.63, 3.8) is 0 Å². The molecule has 1 aliphatic rings. The Labute approximate surface area is 169 Å². The van der Waals surface area contributed by atoms with Gasteiger partial charge in [0.1, 0.15) is 0 Å². The van der Waals surface area contributed by atoms with Crippen LogP contribution in [-0.2, 0) is 4.79 Å². The van der Waals surface area contributed by atoms with E-state index in [0.29, 0.717) is 0 Å². The number of carbonyl (C=O) groups is 1. The lowest BCUT2D eigenvalue weighted by atomic mass is 9.80. The Morgan fingerprint density at radius 2 is 1.00 bits per heavy atom. The molecule has 28 heavy (non-hydrogen) atoms. The topological polar surface area (TPSA) is 17.1 Å². The smallest absolute Gasteiger partial charge is 0.185 e. The Balaban J connectivity index is 2.32. The molecule has 1 heteroatoms. The fourth-order valence-corrected chi connectivity index (χ4v) is 3.62. The van der Waals surface area contributed by atoms with E-state index in [9.17, 15) is 4.79 Å². The molecule has 0 N–H and O–H groups in total. The van der Waals surface area contributed by atoms with Gasteiger partial charge in [-0.05, 0) is 60.1 Å². The average molecular weight is 371 g/mol. The average Bonchev–Trinajstić information content (AvgIpc) is 2.65. The summed E-state index contributed by atoms with van der Waals surface area (Å²) in [4.78, 5) is 13.0. The largest absolute Gasteiger partial charge is 0.289 e. The Morgan fingerprint density at radius 1 is 0.643 bits per heavy atom. The van der Waals surface area contributed by atoms with Crippen LogP contribution in [0, 0.1) is 25.7 Å². The highest BCUT2D eigenvalue weighted by molar-refractivity contribution is 6.11.